The first-order chi connectivity index (χ1) is 6.79. The zero-order valence-electron chi connectivity index (χ0n) is 9.22. The van der Waals surface area contributed by atoms with Crippen LogP contribution in [0.25, 0.3) is 0 Å². The lowest BCUT2D eigenvalue weighted by Gasteiger charge is -2.16. The minimum absolute atomic E-state index is 0.652. The SMILES string of the molecule is CC(C)c1ccccc1[C]1CCCC1. The Balaban J connectivity index is 2.30. The molecule has 1 aromatic carbocycles. The summed E-state index contributed by atoms with van der Waals surface area (Å²) in [5.74, 6) is 2.34. The van der Waals surface area contributed by atoms with E-state index >= 15 is 0 Å². The van der Waals surface area contributed by atoms with Gasteiger partial charge >= 0.3 is 0 Å². The molecule has 0 nitrogen and oxygen atoms in total. The largest absolute Gasteiger partial charge is 0.0620 e. The summed E-state index contributed by atoms with van der Waals surface area (Å²) >= 11 is 0. The monoisotopic (exact) mass is 187 g/mol. The molecule has 1 saturated carbocycles. The molecule has 1 fully saturated rings. The van der Waals surface area contributed by atoms with Crippen LogP contribution in [0.1, 0.15) is 56.6 Å². The highest BCUT2D eigenvalue weighted by Crippen LogP contribution is 2.36. The van der Waals surface area contributed by atoms with Gasteiger partial charge in [-0.05, 0) is 29.9 Å². The van der Waals surface area contributed by atoms with Gasteiger partial charge in [-0.3, -0.25) is 0 Å². The molecule has 1 radical (unpaired) electrons. The van der Waals surface area contributed by atoms with Crippen molar-refractivity contribution in [1.29, 1.82) is 0 Å². The Hall–Kier alpha value is -0.780. The molecule has 0 atom stereocenters. The van der Waals surface area contributed by atoms with Gasteiger partial charge in [-0.25, -0.2) is 0 Å². The highest BCUT2D eigenvalue weighted by molar-refractivity contribution is 5.40. The summed E-state index contributed by atoms with van der Waals surface area (Å²) in [5, 5.41) is 0. The summed E-state index contributed by atoms with van der Waals surface area (Å²) in [5.41, 5.74) is 3.07. The van der Waals surface area contributed by atoms with E-state index in [1.165, 1.54) is 31.2 Å². The van der Waals surface area contributed by atoms with E-state index in [4.69, 9.17) is 0 Å². The molecule has 14 heavy (non-hydrogen) atoms. The van der Waals surface area contributed by atoms with Crippen molar-refractivity contribution in [3.63, 3.8) is 0 Å². The van der Waals surface area contributed by atoms with Gasteiger partial charge in [0.2, 0.25) is 0 Å². The molecule has 0 aliphatic heterocycles. The zero-order valence-corrected chi connectivity index (χ0v) is 9.22. The highest BCUT2D eigenvalue weighted by Gasteiger charge is 2.20. The second-order valence-electron chi connectivity index (χ2n) is 4.55. The Morgan fingerprint density at radius 1 is 1.00 bits per heavy atom. The highest BCUT2D eigenvalue weighted by atomic mass is 14.2. The lowest BCUT2D eigenvalue weighted by molar-refractivity contribution is 0.834. The second-order valence-corrected chi connectivity index (χ2v) is 4.55. The van der Waals surface area contributed by atoms with Crippen LogP contribution in [0.15, 0.2) is 24.3 Å². The van der Waals surface area contributed by atoms with Crippen LogP contribution in [-0.2, 0) is 0 Å². The Bertz CT molecular complexity index is 293. The third kappa shape index (κ3) is 1.84. The zero-order chi connectivity index (χ0) is 9.97. The summed E-state index contributed by atoms with van der Waals surface area (Å²) < 4.78 is 0. The van der Waals surface area contributed by atoms with E-state index in [0.717, 1.165) is 0 Å². The van der Waals surface area contributed by atoms with E-state index in [2.05, 4.69) is 38.1 Å². The molecule has 0 aromatic heterocycles. The molecule has 0 bridgehead atoms. The van der Waals surface area contributed by atoms with Crippen LogP contribution < -0.4 is 0 Å². The molecule has 0 N–H and O–H groups in total. The van der Waals surface area contributed by atoms with E-state index in [1.54, 1.807) is 11.5 Å². The normalized spacial score (nSPS) is 17.9. The maximum absolute atomic E-state index is 2.30. The van der Waals surface area contributed by atoms with Crippen LogP contribution >= 0.6 is 0 Å². The van der Waals surface area contributed by atoms with Crippen molar-refractivity contribution >= 4 is 0 Å². The fraction of sp³-hybridized carbons (Fsp3) is 0.500. The maximum atomic E-state index is 2.30. The van der Waals surface area contributed by atoms with Crippen molar-refractivity contribution in [2.24, 2.45) is 0 Å². The molecular weight excluding hydrogens is 168 g/mol. The molecule has 0 saturated heterocycles. The van der Waals surface area contributed by atoms with Gasteiger partial charge in [-0.1, -0.05) is 51.0 Å². The van der Waals surface area contributed by atoms with Crippen LogP contribution in [-0.4, -0.2) is 0 Å². The van der Waals surface area contributed by atoms with E-state index in [1.807, 2.05) is 0 Å². The van der Waals surface area contributed by atoms with Crippen LogP contribution in [0.2, 0.25) is 0 Å². The predicted octanol–water partition coefficient (Wildman–Crippen LogP) is 4.31. The maximum Gasteiger partial charge on any atom is 0.00527 e. The first-order valence-electron chi connectivity index (χ1n) is 5.73. The average Bonchev–Trinajstić information content (AvgIpc) is 2.70. The fourth-order valence-corrected chi connectivity index (χ4v) is 2.39. The van der Waals surface area contributed by atoms with E-state index in [0.29, 0.717) is 5.92 Å². The van der Waals surface area contributed by atoms with E-state index < -0.39 is 0 Å². The summed E-state index contributed by atoms with van der Waals surface area (Å²) in [6.07, 6.45) is 5.43. The van der Waals surface area contributed by atoms with Gasteiger partial charge in [0.15, 0.2) is 0 Å². The molecule has 0 unspecified atom stereocenters. The Morgan fingerprint density at radius 3 is 2.29 bits per heavy atom. The van der Waals surface area contributed by atoms with Crippen molar-refractivity contribution in [3.05, 3.63) is 41.3 Å². The number of rotatable bonds is 2. The molecule has 75 valence electrons. The third-order valence-electron chi connectivity index (χ3n) is 3.17. The van der Waals surface area contributed by atoms with Gasteiger partial charge in [-0.15, -0.1) is 0 Å². The second kappa shape index (κ2) is 4.16. The predicted molar refractivity (Wildman–Crippen MR) is 61.3 cm³/mol. The Labute approximate surface area is 87.3 Å². The van der Waals surface area contributed by atoms with Crippen LogP contribution in [0, 0.1) is 5.92 Å². The minimum Gasteiger partial charge on any atom is -0.0620 e. The van der Waals surface area contributed by atoms with E-state index in [-0.39, 0.29) is 0 Å². The summed E-state index contributed by atoms with van der Waals surface area (Å²) in [6, 6.07) is 8.92. The van der Waals surface area contributed by atoms with Crippen molar-refractivity contribution in [2.45, 2.75) is 45.4 Å². The molecule has 1 aromatic rings. The minimum atomic E-state index is 0.652. The molecule has 2 rings (SSSR count). The smallest absolute Gasteiger partial charge is 0.00527 e. The molecule has 1 aliphatic carbocycles. The summed E-state index contributed by atoms with van der Waals surface area (Å²) in [6.45, 7) is 4.57. The van der Waals surface area contributed by atoms with Crippen molar-refractivity contribution in [1.82, 2.24) is 0 Å². The number of hydrogen-bond donors (Lipinski definition) is 0. The lowest BCUT2D eigenvalue weighted by atomic mass is 9.88. The molecular formula is C14H19. The fourth-order valence-electron chi connectivity index (χ4n) is 2.39. The van der Waals surface area contributed by atoms with E-state index in [9.17, 15) is 0 Å². The number of benzene rings is 1. The molecule has 0 heterocycles. The van der Waals surface area contributed by atoms with Gasteiger partial charge in [0, 0.05) is 5.92 Å². The van der Waals surface area contributed by atoms with Gasteiger partial charge in [0.1, 0.15) is 0 Å². The molecule has 1 aliphatic rings. The molecule has 0 spiro atoms. The van der Waals surface area contributed by atoms with Gasteiger partial charge in [-0.2, -0.15) is 0 Å². The Morgan fingerprint density at radius 2 is 1.64 bits per heavy atom. The first-order valence-corrected chi connectivity index (χ1v) is 5.73. The van der Waals surface area contributed by atoms with Crippen molar-refractivity contribution in [2.75, 3.05) is 0 Å². The Kier molecular flexibility index (Phi) is 2.90. The average molecular weight is 187 g/mol. The van der Waals surface area contributed by atoms with Crippen molar-refractivity contribution in [3.8, 4) is 0 Å². The topological polar surface area (TPSA) is 0 Å². The molecule has 0 heteroatoms. The first kappa shape index (κ1) is 9.76. The summed E-state index contributed by atoms with van der Waals surface area (Å²) in [7, 11) is 0. The van der Waals surface area contributed by atoms with Crippen molar-refractivity contribution < 1.29 is 0 Å². The quantitative estimate of drug-likeness (QED) is 0.647. The standard InChI is InChI=1S/C14H19/c1-11(2)13-9-5-6-10-14(13)12-7-3-4-8-12/h5-6,9-11H,3-4,7-8H2,1-2H3. The lowest BCUT2D eigenvalue weighted by Crippen LogP contribution is -2.00. The van der Waals surface area contributed by atoms with Gasteiger partial charge in [0.05, 0.1) is 0 Å². The van der Waals surface area contributed by atoms with Gasteiger partial charge < -0.3 is 0 Å². The number of hydrogen-bond acceptors (Lipinski definition) is 0. The van der Waals surface area contributed by atoms with Crippen LogP contribution in [0.5, 0.6) is 0 Å². The molecule has 0 amide bonds. The van der Waals surface area contributed by atoms with Crippen LogP contribution in [0.3, 0.4) is 0 Å². The van der Waals surface area contributed by atoms with Gasteiger partial charge in [0.25, 0.3) is 0 Å². The van der Waals surface area contributed by atoms with Crippen LogP contribution in [0.4, 0.5) is 0 Å². The summed E-state index contributed by atoms with van der Waals surface area (Å²) in [4.78, 5) is 0. The third-order valence-corrected chi connectivity index (χ3v) is 3.17.